The topological polar surface area (TPSA) is 88.5 Å². The van der Waals surface area contributed by atoms with Crippen molar-refractivity contribution in [3.05, 3.63) is 29.6 Å². The minimum absolute atomic E-state index is 0.0517. The molecule has 2 N–H and O–H groups in total. The number of carboxylic acid groups (broad SMARTS) is 1. The number of carbonyl (C=O) groups excluding carboxylic acids is 1. The Morgan fingerprint density at radius 2 is 2.24 bits per heavy atom. The van der Waals surface area contributed by atoms with E-state index in [2.05, 4.69) is 10.3 Å². The molecule has 1 amide bonds. The Kier molecular flexibility index (Phi) is 5.09. The van der Waals surface area contributed by atoms with Gasteiger partial charge in [0, 0.05) is 19.3 Å². The Balaban J connectivity index is 2.49. The van der Waals surface area contributed by atoms with Crippen LogP contribution in [0.5, 0.6) is 0 Å². The van der Waals surface area contributed by atoms with Crippen molar-refractivity contribution in [2.75, 3.05) is 19.8 Å². The molecule has 0 bridgehead atoms. The highest BCUT2D eigenvalue weighted by molar-refractivity contribution is 5.93. The van der Waals surface area contributed by atoms with Gasteiger partial charge in [0.1, 0.15) is 5.69 Å². The number of pyridine rings is 1. The van der Waals surface area contributed by atoms with Gasteiger partial charge in [-0.25, -0.2) is 4.79 Å². The molecule has 0 radical (unpaired) electrons. The maximum atomic E-state index is 11.5. The predicted molar refractivity (Wildman–Crippen MR) is 60.0 cm³/mol. The summed E-state index contributed by atoms with van der Waals surface area (Å²) in [6, 6.07) is 2.71. The number of carboxylic acids is 1. The number of nitrogens with one attached hydrogen (secondary N) is 1. The van der Waals surface area contributed by atoms with Gasteiger partial charge in [0.2, 0.25) is 0 Å². The summed E-state index contributed by atoms with van der Waals surface area (Å²) in [5, 5.41) is 11.3. The lowest BCUT2D eigenvalue weighted by Crippen LogP contribution is -2.28. The van der Waals surface area contributed by atoms with Crippen LogP contribution in [0.4, 0.5) is 0 Å². The van der Waals surface area contributed by atoms with Crippen molar-refractivity contribution in [3.8, 4) is 0 Å². The van der Waals surface area contributed by atoms with E-state index < -0.39 is 5.97 Å². The van der Waals surface area contributed by atoms with Crippen molar-refractivity contribution >= 4 is 11.9 Å². The molecule has 0 saturated carbocycles. The third kappa shape index (κ3) is 4.20. The fourth-order valence-corrected chi connectivity index (χ4v) is 1.13. The highest BCUT2D eigenvalue weighted by Gasteiger charge is 2.08. The van der Waals surface area contributed by atoms with Crippen LogP contribution in [-0.2, 0) is 4.74 Å². The number of carbonyl (C=O) groups is 2. The first-order valence-electron chi connectivity index (χ1n) is 5.20. The monoisotopic (exact) mass is 238 g/mol. The molecule has 1 rings (SSSR count). The van der Waals surface area contributed by atoms with E-state index >= 15 is 0 Å². The quantitative estimate of drug-likeness (QED) is 0.706. The van der Waals surface area contributed by atoms with Crippen molar-refractivity contribution in [2.24, 2.45) is 0 Å². The van der Waals surface area contributed by atoms with Crippen molar-refractivity contribution in [3.63, 3.8) is 0 Å². The lowest BCUT2D eigenvalue weighted by molar-refractivity contribution is 0.0695. The first-order valence-corrected chi connectivity index (χ1v) is 5.20. The zero-order valence-electron chi connectivity index (χ0n) is 9.47. The third-order valence-electron chi connectivity index (χ3n) is 1.98. The highest BCUT2D eigenvalue weighted by Crippen LogP contribution is 2.00. The molecule has 17 heavy (non-hydrogen) atoms. The van der Waals surface area contributed by atoms with Crippen LogP contribution < -0.4 is 5.32 Å². The molecule has 1 aromatic heterocycles. The number of rotatable bonds is 6. The van der Waals surface area contributed by atoms with Gasteiger partial charge in [-0.1, -0.05) is 0 Å². The van der Waals surface area contributed by atoms with Crippen molar-refractivity contribution in [1.82, 2.24) is 10.3 Å². The largest absolute Gasteiger partial charge is 0.478 e. The fraction of sp³-hybridized carbons (Fsp3) is 0.364. The Hall–Kier alpha value is -1.95. The predicted octanol–water partition coefficient (Wildman–Crippen LogP) is 0.546. The van der Waals surface area contributed by atoms with Crippen molar-refractivity contribution in [2.45, 2.75) is 6.92 Å². The maximum absolute atomic E-state index is 11.5. The van der Waals surface area contributed by atoms with Crippen LogP contribution in [0, 0.1) is 0 Å². The number of ether oxygens (including phenoxy) is 1. The van der Waals surface area contributed by atoms with E-state index in [1.165, 1.54) is 12.1 Å². The maximum Gasteiger partial charge on any atom is 0.337 e. The Morgan fingerprint density at radius 3 is 2.76 bits per heavy atom. The molecule has 1 heterocycles. The van der Waals surface area contributed by atoms with E-state index in [0.29, 0.717) is 19.8 Å². The molecule has 0 unspecified atom stereocenters. The van der Waals surface area contributed by atoms with Gasteiger partial charge in [-0.2, -0.15) is 0 Å². The smallest absolute Gasteiger partial charge is 0.337 e. The van der Waals surface area contributed by atoms with Crippen LogP contribution in [0.2, 0.25) is 0 Å². The van der Waals surface area contributed by atoms with Crippen LogP contribution in [0.1, 0.15) is 27.8 Å². The van der Waals surface area contributed by atoms with Gasteiger partial charge in [0.25, 0.3) is 5.91 Å². The molecular weight excluding hydrogens is 224 g/mol. The number of aromatic carboxylic acids is 1. The molecule has 0 aliphatic rings. The second-order valence-corrected chi connectivity index (χ2v) is 3.19. The van der Waals surface area contributed by atoms with Gasteiger partial charge in [-0.05, 0) is 19.1 Å². The molecule has 0 fully saturated rings. The number of hydrogen-bond donors (Lipinski definition) is 2. The van der Waals surface area contributed by atoms with E-state index in [1.54, 1.807) is 0 Å². The molecule has 0 atom stereocenters. The fourth-order valence-electron chi connectivity index (χ4n) is 1.13. The molecule has 0 spiro atoms. The van der Waals surface area contributed by atoms with E-state index in [0.717, 1.165) is 6.20 Å². The molecule has 6 nitrogen and oxygen atoms in total. The minimum Gasteiger partial charge on any atom is -0.478 e. The molecule has 6 heteroatoms. The van der Waals surface area contributed by atoms with E-state index in [9.17, 15) is 9.59 Å². The van der Waals surface area contributed by atoms with Crippen LogP contribution in [0.15, 0.2) is 18.3 Å². The lowest BCUT2D eigenvalue weighted by Gasteiger charge is -2.04. The summed E-state index contributed by atoms with van der Waals surface area (Å²) in [5.74, 6) is -1.41. The van der Waals surface area contributed by atoms with Crippen LogP contribution in [0.25, 0.3) is 0 Å². The SMILES string of the molecule is CCOCCNC(=O)c1ccc(C(=O)O)cn1. The molecule has 1 aromatic rings. The average molecular weight is 238 g/mol. The highest BCUT2D eigenvalue weighted by atomic mass is 16.5. The molecule has 0 aromatic carbocycles. The van der Waals surface area contributed by atoms with E-state index in [4.69, 9.17) is 9.84 Å². The van der Waals surface area contributed by atoms with Gasteiger partial charge in [0.15, 0.2) is 0 Å². The summed E-state index contributed by atoms with van der Waals surface area (Å²) in [5.41, 5.74) is 0.238. The number of hydrogen-bond acceptors (Lipinski definition) is 4. The lowest BCUT2D eigenvalue weighted by atomic mass is 10.2. The molecule has 0 aliphatic carbocycles. The van der Waals surface area contributed by atoms with E-state index in [1.807, 2.05) is 6.92 Å². The standard InChI is InChI=1S/C11H14N2O4/c1-2-17-6-5-12-10(14)9-4-3-8(7-13-9)11(15)16/h3-4,7H,2,5-6H2,1H3,(H,12,14)(H,15,16). The summed E-state index contributed by atoms with van der Waals surface area (Å²) in [6.45, 7) is 3.31. The number of nitrogens with zero attached hydrogens (tertiary/aromatic N) is 1. The molecule has 0 saturated heterocycles. The zero-order chi connectivity index (χ0) is 12.7. The van der Waals surface area contributed by atoms with Gasteiger partial charge >= 0.3 is 5.97 Å². The average Bonchev–Trinajstić information content (AvgIpc) is 2.34. The number of amides is 1. The summed E-state index contributed by atoms with van der Waals surface area (Å²) >= 11 is 0. The second-order valence-electron chi connectivity index (χ2n) is 3.19. The molecule has 0 aliphatic heterocycles. The first-order chi connectivity index (χ1) is 8.15. The molecular formula is C11H14N2O4. The Morgan fingerprint density at radius 1 is 1.47 bits per heavy atom. The van der Waals surface area contributed by atoms with E-state index in [-0.39, 0.29) is 17.2 Å². The molecule has 92 valence electrons. The second kappa shape index (κ2) is 6.59. The van der Waals surface area contributed by atoms with Gasteiger partial charge < -0.3 is 15.2 Å². The Labute approximate surface area is 98.6 Å². The van der Waals surface area contributed by atoms with Crippen molar-refractivity contribution in [1.29, 1.82) is 0 Å². The zero-order valence-corrected chi connectivity index (χ0v) is 9.47. The minimum atomic E-state index is -1.07. The Bertz CT molecular complexity index is 389. The summed E-state index contributed by atoms with van der Waals surface area (Å²) < 4.78 is 5.06. The van der Waals surface area contributed by atoms with Gasteiger partial charge in [-0.15, -0.1) is 0 Å². The van der Waals surface area contributed by atoms with Crippen LogP contribution in [0.3, 0.4) is 0 Å². The summed E-state index contributed by atoms with van der Waals surface area (Å²) in [7, 11) is 0. The third-order valence-corrected chi connectivity index (χ3v) is 1.98. The first kappa shape index (κ1) is 13.1. The van der Waals surface area contributed by atoms with Crippen molar-refractivity contribution < 1.29 is 19.4 Å². The summed E-state index contributed by atoms with van der Waals surface area (Å²) in [6.07, 6.45) is 1.15. The van der Waals surface area contributed by atoms with Gasteiger partial charge in [0.05, 0.1) is 12.2 Å². The normalized spacial score (nSPS) is 9.94. The van der Waals surface area contributed by atoms with Crippen LogP contribution >= 0.6 is 0 Å². The van der Waals surface area contributed by atoms with Crippen LogP contribution in [-0.4, -0.2) is 41.7 Å². The van der Waals surface area contributed by atoms with Gasteiger partial charge in [-0.3, -0.25) is 9.78 Å². The summed E-state index contributed by atoms with van der Waals surface area (Å²) in [4.78, 5) is 25.8. The number of aromatic nitrogens is 1.